The summed E-state index contributed by atoms with van der Waals surface area (Å²) in [6.45, 7) is 4.10. The zero-order valence-corrected chi connectivity index (χ0v) is 13.4. The van der Waals surface area contributed by atoms with Gasteiger partial charge in [-0.25, -0.2) is 9.78 Å². The number of rotatable bonds is 5. The fourth-order valence-corrected chi connectivity index (χ4v) is 2.34. The van der Waals surface area contributed by atoms with Crippen LogP contribution in [-0.2, 0) is 0 Å². The van der Waals surface area contributed by atoms with E-state index in [9.17, 15) is 4.79 Å². The maximum Gasteiger partial charge on any atom is 0.335 e. The van der Waals surface area contributed by atoms with Crippen molar-refractivity contribution >= 4 is 34.3 Å². The third-order valence-electron chi connectivity index (χ3n) is 3.42. The van der Waals surface area contributed by atoms with Crippen molar-refractivity contribution in [2.75, 3.05) is 10.6 Å². The van der Waals surface area contributed by atoms with E-state index in [4.69, 9.17) is 5.11 Å². The Morgan fingerprint density at radius 3 is 2.42 bits per heavy atom. The molecule has 0 unspecified atom stereocenters. The molecule has 122 valence electrons. The first-order valence-corrected chi connectivity index (χ1v) is 7.66. The van der Waals surface area contributed by atoms with E-state index < -0.39 is 5.97 Å². The van der Waals surface area contributed by atoms with Crippen molar-refractivity contribution in [3.05, 3.63) is 54.1 Å². The predicted octanol–water partition coefficient (Wildman–Crippen LogP) is 3.89. The molecule has 0 spiro atoms. The lowest BCUT2D eigenvalue weighted by molar-refractivity contribution is 0.0697. The Kier molecular flexibility index (Phi) is 4.29. The van der Waals surface area contributed by atoms with Crippen LogP contribution in [0, 0.1) is 0 Å². The molecule has 1 aromatic heterocycles. The monoisotopic (exact) mass is 322 g/mol. The Labute approximate surface area is 139 Å². The summed E-state index contributed by atoms with van der Waals surface area (Å²) in [5.41, 5.74) is 1.80. The van der Waals surface area contributed by atoms with Crippen molar-refractivity contribution < 1.29 is 9.90 Å². The lowest BCUT2D eigenvalue weighted by Gasteiger charge is -2.14. The number of anilines is 3. The third-order valence-corrected chi connectivity index (χ3v) is 3.42. The molecule has 3 aromatic rings. The Morgan fingerprint density at radius 2 is 1.75 bits per heavy atom. The van der Waals surface area contributed by atoms with Gasteiger partial charge in [-0.2, -0.15) is 4.98 Å². The summed E-state index contributed by atoms with van der Waals surface area (Å²) in [5, 5.41) is 16.4. The predicted molar refractivity (Wildman–Crippen MR) is 95.0 cm³/mol. The lowest BCUT2D eigenvalue weighted by atomic mass is 10.2. The van der Waals surface area contributed by atoms with Crippen molar-refractivity contribution in [3.63, 3.8) is 0 Å². The van der Waals surface area contributed by atoms with Crippen LogP contribution < -0.4 is 10.6 Å². The van der Waals surface area contributed by atoms with Gasteiger partial charge < -0.3 is 15.7 Å². The minimum atomic E-state index is -0.952. The van der Waals surface area contributed by atoms with E-state index >= 15 is 0 Å². The molecule has 0 saturated heterocycles. The standard InChI is InChI=1S/C18H18N4O2/c1-11(2)19-16-14-5-3-4-6-15(14)21-18(22-16)20-13-9-7-12(8-10-13)17(23)24/h3-11H,1-2H3,(H,23,24)(H2,19,20,21,22). The van der Waals surface area contributed by atoms with Gasteiger partial charge in [0.05, 0.1) is 11.1 Å². The van der Waals surface area contributed by atoms with E-state index in [1.807, 2.05) is 24.3 Å². The van der Waals surface area contributed by atoms with Crippen LogP contribution in [0.4, 0.5) is 17.5 Å². The zero-order valence-electron chi connectivity index (χ0n) is 13.4. The van der Waals surface area contributed by atoms with E-state index in [-0.39, 0.29) is 11.6 Å². The molecular formula is C18H18N4O2. The van der Waals surface area contributed by atoms with Crippen molar-refractivity contribution in [3.8, 4) is 0 Å². The van der Waals surface area contributed by atoms with E-state index in [1.54, 1.807) is 24.3 Å². The molecule has 1 heterocycles. The molecule has 0 aliphatic rings. The van der Waals surface area contributed by atoms with E-state index in [1.165, 1.54) is 0 Å². The number of nitrogens with one attached hydrogen (secondary N) is 2. The van der Waals surface area contributed by atoms with Crippen LogP contribution in [0.15, 0.2) is 48.5 Å². The average Bonchev–Trinajstić information content (AvgIpc) is 2.55. The quantitative estimate of drug-likeness (QED) is 0.660. The molecule has 6 heteroatoms. The van der Waals surface area contributed by atoms with Gasteiger partial charge in [-0.15, -0.1) is 0 Å². The van der Waals surface area contributed by atoms with Crippen LogP contribution in [0.3, 0.4) is 0 Å². The summed E-state index contributed by atoms with van der Waals surface area (Å²) >= 11 is 0. The highest BCUT2D eigenvalue weighted by Crippen LogP contribution is 2.24. The third kappa shape index (κ3) is 3.43. The summed E-state index contributed by atoms with van der Waals surface area (Å²) < 4.78 is 0. The van der Waals surface area contributed by atoms with Gasteiger partial charge in [0, 0.05) is 17.1 Å². The first-order chi connectivity index (χ1) is 11.5. The first-order valence-electron chi connectivity index (χ1n) is 7.66. The fourth-order valence-electron chi connectivity index (χ4n) is 2.34. The van der Waals surface area contributed by atoms with E-state index in [0.717, 1.165) is 22.4 Å². The van der Waals surface area contributed by atoms with Gasteiger partial charge in [-0.1, -0.05) is 12.1 Å². The highest BCUT2D eigenvalue weighted by molar-refractivity contribution is 5.90. The molecule has 24 heavy (non-hydrogen) atoms. The molecular weight excluding hydrogens is 304 g/mol. The van der Waals surface area contributed by atoms with Crippen LogP contribution in [-0.4, -0.2) is 27.1 Å². The molecule has 3 rings (SSSR count). The Bertz CT molecular complexity index is 876. The van der Waals surface area contributed by atoms with Gasteiger partial charge in [0.25, 0.3) is 0 Å². The number of benzene rings is 2. The number of nitrogens with zero attached hydrogens (tertiary/aromatic N) is 2. The van der Waals surface area contributed by atoms with Crippen molar-refractivity contribution in [2.24, 2.45) is 0 Å². The molecule has 6 nitrogen and oxygen atoms in total. The van der Waals surface area contributed by atoms with Gasteiger partial charge in [-0.3, -0.25) is 0 Å². The first kappa shape index (κ1) is 15.7. The molecule has 3 N–H and O–H groups in total. The van der Waals surface area contributed by atoms with Crippen LogP contribution in [0.25, 0.3) is 10.9 Å². The normalized spacial score (nSPS) is 10.8. The molecule has 0 aliphatic carbocycles. The van der Waals surface area contributed by atoms with Crippen molar-refractivity contribution in [1.82, 2.24) is 9.97 Å². The van der Waals surface area contributed by atoms with Crippen LogP contribution in [0.1, 0.15) is 24.2 Å². The summed E-state index contributed by atoms with van der Waals surface area (Å²) in [6, 6.07) is 14.5. The lowest BCUT2D eigenvalue weighted by Crippen LogP contribution is -2.12. The summed E-state index contributed by atoms with van der Waals surface area (Å²) in [7, 11) is 0. The maximum atomic E-state index is 10.9. The van der Waals surface area contributed by atoms with Gasteiger partial charge in [0.15, 0.2) is 0 Å². The van der Waals surface area contributed by atoms with E-state index in [0.29, 0.717) is 5.95 Å². The summed E-state index contributed by atoms with van der Waals surface area (Å²) in [4.78, 5) is 20.0. The largest absolute Gasteiger partial charge is 0.478 e. The molecule has 0 saturated carbocycles. The van der Waals surface area contributed by atoms with Gasteiger partial charge in [0.1, 0.15) is 5.82 Å². The van der Waals surface area contributed by atoms with Crippen molar-refractivity contribution in [2.45, 2.75) is 19.9 Å². The number of para-hydroxylation sites is 1. The SMILES string of the molecule is CC(C)Nc1nc(Nc2ccc(C(=O)O)cc2)nc2ccccc12. The minimum absolute atomic E-state index is 0.238. The topological polar surface area (TPSA) is 87.1 Å². The number of hydrogen-bond acceptors (Lipinski definition) is 5. The van der Waals surface area contributed by atoms with Crippen molar-refractivity contribution in [1.29, 1.82) is 0 Å². The number of fused-ring (bicyclic) bond motifs is 1. The Balaban J connectivity index is 1.95. The van der Waals surface area contributed by atoms with Crippen LogP contribution >= 0.6 is 0 Å². The van der Waals surface area contributed by atoms with Gasteiger partial charge >= 0.3 is 5.97 Å². The minimum Gasteiger partial charge on any atom is -0.478 e. The number of aromatic carboxylic acids is 1. The number of hydrogen-bond donors (Lipinski definition) is 3. The smallest absolute Gasteiger partial charge is 0.335 e. The molecule has 0 amide bonds. The average molecular weight is 322 g/mol. The van der Waals surface area contributed by atoms with Crippen LogP contribution in [0.2, 0.25) is 0 Å². The zero-order chi connectivity index (χ0) is 17.1. The fraction of sp³-hybridized carbons (Fsp3) is 0.167. The van der Waals surface area contributed by atoms with Gasteiger partial charge in [0.2, 0.25) is 5.95 Å². The number of carbonyl (C=O) groups is 1. The second-order valence-electron chi connectivity index (χ2n) is 5.72. The second kappa shape index (κ2) is 6.54. The second-order valence-corrected chi connectivity index (χ2v) is 5.72. The Morgan fingerprint density at radius 1 is 1.04 bits per heavy atom. The summed E-state index contributed by atoms with van der Waals surface area (Å²) in [6.07, 6.45) is 0. The number of carboxylic acids is 1. The highest BCUT2D eigenvalue weighted by atomic mass is 16.4. The molecule has 0 aliphatic heterocycles. The highest BCUT2D eigenvalue weighted by Gasteiger charge is 2.09. The molecule has 0 radical (unpaired) electrons. The summed E-state index contributed by atoms with van der Waals surface area (Å²) in [5.74, 6) is 0.270. The molecule has 2 aromatic carbocycles. The number of carboxylic acid groups (broad SMARTS) is 1. The molecule has 0 bridgehead atoms. The van der Waals surface area contributed by atoms with E-state index in [2.05, 4.69) is 34.4 Å². The molecule has 0 atom stereocenters. The van der Waals surface area contributed by atoms with Gasteiger partial charge in [-0.05, 0) is 50.2 Å². The Hall–Kier alpha value is -3.15. The molecule has 0 fully saturated rings. The van der Waals surface area contributed by atoms with Crippen LogP contribution in [0.5, 0.6) is 0 Å². The maximum absolute atomic E-state index is 10.9. The number of aromatic nitrogens is 2.